The van der Waals surface area contributed by atoms with Crippen LogP contribution in [-0.4, -0.2) is 10.6 Å². The van der Waals surface area contributed by atoms with Gasteiger partial charge in [0.2, 0.25) is 4.52 Å². The first kappa shape index (κ1) is 9.50. The quantitative estimate of drug-likeness (QED) is 0.492. The maximum Gasteiger partial charge on any atom is 0.244 e. The minimum atomic E-state index is -0.847. The lowest BCUT2D eigenvalue weighted by molar-refractivity contribution is 0.398. The van der Waals surface area contributed by atoms with Crippen LogP contribution in [0.25, 0.3) is 0 Å². The van der Waals surface area contributed by atoms with Crippen LogP contribution < -0.4 is 0 Å². The Hall–Kier alpha value is 1.50. The van der Waals surface area contributed by atoms with Crippen LogP contribution in [0, 0.1) is 0 Å². The van der Waals surface area contributed by atoms with E-state index in [-0.39, 0.29) is 6.10 Å². The van der Waals surface area contributed by atoms with Gasteiger partial charge in [-0.05, 0) is 6.92 Å². The van der Waals surface area contributed by atoms with Crippen LogP contribution in [0.1, 0.15) is 6.92 Å². The third-order valence-electron chi connectivity index (χ3n) is 0.750. The zero-order valence-electron chi connectivity index (χ0n) is 4.00. The topological polar surface area (TPSA) is 12.5 Å². The van der Waals surface area contributed by atoms with E-state index in [1.54, 1.807) is 0 Å². The van der Waals surface area contributed by atoms with E-state index in [9.17, 15) is 0 Å². The average molecular weight is 287 g/mol. The molecule has 8 heavy (non-hydrogen) atoms. The fourth-order valence-electron chi connectivity index (χ4n) is 0.202. The third-order valence-corrected chi connectivity index (χ3v) is 1.54. The maximum absolute atomic E-state index is 5.33. The Morgan fingerprint density at radius 3 is 1.62 bits per heavy atom. The van der Waals surface area contributed by atoms with Crippen molar-refractivity contribution < 1.29 is 4.74 Å². The summed E-state index contributed by atoms with van der Waals surface area (Å²) < 4.78 is 3.79. The predicted octanol–water partition coefficient (Wildman–Crippen LogP) is 3.23. The van der Waals surface area contributed by atoms with Crippen LogP contribution in [0.3, 0.4) is 0 Å². The van der Waals surface area contributed by atoms with Gasteiger partial charge < -0.3 is 4.74 Å². The van der Waals surface area contributed by atoms with E-state index in [1.807, 2.05) is 6.92 Å². The molecule has 1 aliphatic heterocycles. The van der Waals surface area contributed by atoms with E-state index < -0.39 is 4.52 Å². The van der Waals surface area contributed by atoms with Crippen molar-refractivity contribution >= 4 is 51.5 Å². The minimum absolute atomic E-state index is 0.0285. The molecular formula is C3H4Br2Cl2O. The second kappa shape index (κ2) is 3.62. The fraction of sp³-hybridized carbons (Fsp3) is 1.00. The summed E-state index contributed by atoms with van der Waals surface area (Å²) in [4.78, 5) is 0. The van der Waals surface area contributed by atoms with Gasteiger partial charge in [-0.15, -0.1) is 0 Å². The summed E-state index contributed by atoms with van der Waals surface area (Å²) in [7, 11) is 0. The van der Waals surface area contributed by atoms with Crippen LogP contribution in [0.2, 0.25) is 0 Å². The SMILES string of the molecule is BrBr.CC1OC1(Cl)Cl. The highest BCUT2D eigenvalue weighted by atomic mass is 80.9. The lowest BCUT2D eigenvalue weighted by Crippen LogP contribution is -1.87. The molecule has 1 unspecified atom stereocenters. The van der Waals surface area contributed by atoms with Crippen LogP contribution in [0.5, 0.6) is 0 Å². The average Bonchev–Trinajstić information content (AvgIpc) is 2.19. The highest BCUT2D eigenvalue weighted by molar-refractivity contribution is 9.93. The molecular weight excluding hydrogens is 283 g/mol. The smallest absolute Gasteiger partial charge is 0.244 e. The number of epoxide rings is 1. The van der Waals surface area contributed by atoms with Crippen LogP contribution >= 0.6 is 51.5 Å². The molecule has 0 amide bonds. The Balaban J connectivity index is 0.000000222. The Morgan fingerprint density at radius 1 is 1.50 bits per heavy atom. The minimum Gasteiger partial charge on any atom is -0.336 e. The van der Waals surface area contributed by atoms with E-state index in [0.717, 1.165) is 0 Å². The van der Waals surface area contributed by atoms with Crippen molar-refractivity contribution in [3.63, 3.8) is 0 Å². The molecule has 1 fully saturated rings. The van der Waals surface area contributed by atoms with Crippen molar-refractivity contribution in [1.82, 2.24) is 0 Å². The van der Waals surface area contributed by atoms with Crippen molar-refractivity contribution in [2.24, 2.45) is 0 Å². The summed E-state index contributed by atoms with van der Waals surface area (Å²) >= 11 is 16.2. The molecule has 0 radical (unpaired) electrons. The van der Waals surface area contributed by atoms with E-state index in [0.29, 0.717) is 0 Å². The Labute approximate surface area is 73.5 Å². The van der Waals surface area contributed by atoms with Gasteiger partial charge in [0, 0.05) is 28.3 Å². The molecule has 0 aromatic rings. The molecule has 0 aromatic heterocycles. The molecule has 0 saturated carbocycles. The number of alkyl halides is 2. The highest BCUT2D eigenvalue weighted by Crippen LogP contribution is 2.43. The van der Waals surface area contributed by atoms with Crippen LogP contribution in [0.15, 0.2) is 0 Å². The van der Waals surface area contributed by atoms with E-state index in [4.69, 9.17) is 23.2 Å². The van der Waals surface area contributed by atoms with E-state index in [2.05, 4.69) is 33.0 Å². The third kappa shape index (κ3) is 2.87. The van der Waals surface area contributed by atoms with Gasteiger partial charge in [0.1, 0.15) is 6.10 Å². The lowest BCUT2D eigenvalue weighted by atomic mass is 10.6. The molecule has 1 aliphatic rings. The molecule has 50 valence electrons. The van der Waals surface area contributed by atoms with Gasteiger partial charge in [-0.25, -0.2) is 0 Å². The van der Waals surface area contributed by atoms with Crippen molar-refractivity contribution in [3.8, 4) is 0 Å². The molecule has 1 nitrogen and oxygen atoms in total. The predicted molar refractivity (Wildman–Crippen MR) is 42.8 cm³/mol. The molecule has 1 rings (SSSR count). The summed E-state index contributed by atoms with van der Waals surface area (Å²) in [5.41, 5.74) is 0. The van der Waals surface area contributed by atoms with Crippen molar-refractivity contribution in [1.29, 1.82) is 0 Å². The first-order chi connectivity index (χ1) is 3.63. The standard InChI is InChI=1S/C3H4Cl2O.Br2/c1-2-3(4,5)6-2;1-2/h2H,1H3;. The Bertz CT molecular complexity index is 77.7. The lowest BCUT2D eigenvalue weighted by Gasteiger charge is -1.77. The summed E-state index contributed by atoms with van der Waals surface area (Å²) in [5.74, 6) is 0. The summed E-state index contributed by atoms with van der Waals surface area (Å²) in [6.07, 6.45) is 0.0285. The molecule has 0 aliphatic carbocycles. The number of hydrogen-bond acceptors (Lipinski definition) is 1. The number of hydrogen-bond donors (Lipinski definition) is 0. The summed E-state index contributed by atoms with van der Waals surface area (Å²) in [6, 6.07) is 0. The number of rotatable bonds is 0. The second-order valence-electron chi connectivity index (χ2n) is 1.32. The van der Waals surface area contributed by atoms with Gasteiger partial charge in [-0.1, -0.05) is 23.2 Å². The molecule has 1 heterocycles. The number of ether oxygens (including phenoxy) is 1. The van der Waals surface area contributed by atoms with Gasteiger partial charge >= 0.3 is 0 Å². The monoisotopic (exact) mass is 284 g/mol. The van der Waals surface area contributed by atoms with Gasteiger partial charge in [0.05, 0.1) is 0 Å². The zero-order valence-corrected chi connectivity index (χ0v) is 8.68. The van der Waals surface area contributed by atoms with Gasteiger partial charge in [0.15, 0.2) is 0 Å². The highest BCUT2D eigenvalue weighted by Gasteiger charge is 2.50. The molecule has 1 atom stereocenters. The molecule has 0 spiro atoms. The first-order valence-corrected chi connectivity index (χ1v) is 6.30. The van der Waals surface area contributed by atoms with Crippen molar-refractivity contribution in [2.75, 3.05) is 0 Å². The second-order valence-corrected chi connectivity index (χ2v) is 2.64. The summed E-state index contributed by atoms with van der Waals surface area (Å²) in [6.45, 7) is 1.82. The maximum atomic E-state index is 5.33. The molecule has 1 saturated heterocycles. The van der Waals surface area contributed by atoms with Gasteiger partial charge in [0.25, 0.3) is 0 Å². The molecule has 5 heteroatoms. The molecule has 0 bridgehead atoms. The van der Waals surface area contributed by atoms with Gasteiger partial charge in [-0.2, -0.15) is 0 Å². The van der Waals surface area contributed by atoms with Crippen LogP contribution in [0.4, 0.5) is 0 Å². The molecule has 0 aromatic carbocycles. The summed E-state index contributed by atoms with van der Waals surface area (Å²) in [5, 5.41) is 0. The normalized spacial score (nSPS) is 30.4. The Morgan fingerprint density at radius 2 is 1.62 bits per heavy atom. The first-order valence-electron chi connectivity index (χ1n) is 1.83. The van der Waals surface area contributed by atoms with E-state index in [1.165, 1.54) is 0 Å². The van der Waals surface area contributed by atoms with Crippen LogP contribution in [-0.2, 0) is 4.74 Å². The molecule has 0 N–H and O–H groups in total. The van der Waals surface area contributed by atoms with Crippen molar-refractivity contribution in [3.05, 3.63) is 0 Å². The van der Waals surface area contributed by atoms with Crippen molar-refractivity contribution in [2.45, 2.75) is 17.5 Å². The zero-order chi connectivity index (χ0) is 6.78. The fourth-order valence-corrected chi connectivity index (χ4v) is 0.469. The van der Waals surface area contributed by atoms with E-state index >= 15 is 0 Å². The largest absolute Gasteiger partial charge is 0.336 e. The number of halogens is 4. The Kier molecular flexibility index (Phi) is 4.29. The van der Waals surface area contributed by atoms with Gasteiger partial charge in [-0.3, -0.25) is 0 Å².